The molecule has 0 radical (unpaired) electrons. The fourth-order valence-corrected chi connectivity index (χ4v) is 20.9. The first-order chi connectivity index (χ1) is 11.9. The Hall–Kier alpha value is -0.0225. The minimum atomic E-state index is -2.44. The number of alkyl carbamates (subject to hydrolysis) is 1. The van der Waals surface area contributed by atoms with Crippen LogP contribution in [0.15, 0.2) is 0 Å². The molecule has 2 atom stereocenters. The predicted molar refractivity (Wildman–Crippen MR) is 146 cm³/mol. The highest BCUT2D eigenvalue weighted by Crippen LogP contribution is 2.27. The highest BCUT2D eigenvalue weighted by molar-refractivity contribution is 6.89. The summed E-state index contributed by atoms with van der Waals surface area (Å²) in [5.74, 6) is 0. The van der Waals surface area contributed by atoms with E-state index < -0.39 is 46.0 Å². The van der Waals surface area contributed by atoms with Crippen LogP contribution in [0.25, 0.3) is 0 Å². The molecule has 2 unspecified atom stereocenters. The topological polar surface area (TPSA) is 86.3 Å². The zero-order chi connectivity index (χ0) is 21.5. The maximum absolute atomic E-state index is 11.6. The van der Waals surface area contributed by atoms with Gasteiger partial charge in [0.15, 0.2) is 16.6 Å². The summed E-state index contributed by atoms with van der Waals surface area (Å²) >= 11 is 0. The molecule has 31 heavy (non-hydrogen) atoms. The van der Waals surface area contributed by atoms with Gasteiger partial charge in [0.2, 0.25) is 0 Å². The van der Waals surface area contributed by atoms with Gasteiger partial charge in [0, 0.05) is 6.54 Å². The highest BCUT2D eigenvalue weighted by atomic mass is 28.5. The number of carbonyl (C=O) groups is 1. The van der Waals surface area contributed by atoms with Crippen LogP contribution in [0.3, 0.4) is 0 Å². The fraction of sp³-hybridized carbons (Fsp3) is 0.950. The first-order valence-corrected chi connectivity index (χ1v) is 21.8. The van der Waals surface area contributed by atoms with Crippen molar-refractivity contribution in [3.05, 3.63) is 0 Å². The molecule has 0 heterocycles. The second-order valence-corrected chi connectivity index (χ2v) is 26.0. The first-order valence-electron chi connectivity index (χ1n) is 9.62. The number of rotatable bonds is 12. The molecule has 0 aliphatic heterocycles. The van der Waals surface area contributed by atoms with Gasteiger partial charge in [-0.1, -0.05) is 29.7 Å². The maximum Gasteiger partial charge on any atom is 0.407 e. The van der Waals surface area contributed by atoms with Gasteiger partial charge in [-0.25, -0.2) is 4.79 Å². The van der Waals surface area contributed by atoms with Crippen molar-refractivity contribution >= 4 is 39.8 Å². The van der Waals surface area contributed by atoms with E-state index in [0.29, 0.717) is 6.54 Å². The standard InChI is InChI=1S/C16H41NO6Si4.4CH4/c1-15(18)14-20-16(19)17-12-11-13-27(10,22-25(5,6)7)23-26(8,9)21-24(2,3)4;;;;/h15,18H,11-14H2,1-10H3,(H,17,19);4*1H4. The number of carbonyl (C=O) groups excluding carboxylic acids is 1. The van der Waals surface area contributed by atoms with Crippen molar-refractivity contribution in [2.75, 3.05) is 13.2 Å². The van der Waals surface area contributed by atoms with Gasteiger partial charge in [-0.15, -0.1) is 0 Å². The number of amides is 1. The Bertz CT molecular complexity index is 468. The molecule has 0 spiro atoms. The lowest BCUT2D eigenvalue weighted by atomic mass is 10.4. The van der Waals surface area contributed by atoms with E-state index in [1.54, 1.807) is 6.92 Å². The van der Waals surface area contributed by atoms with E-state index in [4.69, 9.17) is 22.2 Å². The quantitative estimate of drug-likeness (QED) is 0.225. The summed E-state index contributed by atoms with van der Waals surface area (Å²) in [6.07, 6.45) is -0.430. The van der Waals surface area contributed by atoms with Crippen LogP contribution in [0.5, 0.6) is 0 Å². The smallest absolute Gasteiger partial charge is 0.407 e. The van der Waals surface area contributed by atoms with Gasteiger partial charge >= 0.3 is 23.2 Å². The van der Waals surface area contributed by atoms with E-state index in [-0.39, 0.29) is 36.3 Å². The fourth-order valence-electron chi connectivity index (χ4n) is 2.90. The third-order valence-electron chi connectivity index (χ3n) is 3.07. The van der Waals surface area contributed by atoms with Crippen LogP contribution in [-0.2, 0) is 17.1 Å². The number of ether oxygens (including phenoxy) is 1. The molecule has 0 saturated carbocycles. The Labute approximate surface area is 199 Å². The minimum absolute atomic E-state index is 0. The highest BCUT2D eigenvalue weighted by Gasteiger charge is 2.44. The lowest BCUT2D eigenvalue weighted by Gasteiger charge is -2.41. The number of nitrogens with one attached hydrogen (secondary N) is 1. The number of aliphatic hydroxyl groups excluding tert-OH is 1. The molecule has 2 N–H and O–H groups in total. The summed E-state index contributed by atoms with van der Waals surface area (Å²) in [7, 11) is -8.23. The van der Waals surface area contributed by atoms with Gasteiger partial charge in [-0.3, -0.25) is 0 Å². The molecule has 0 fully saturated rings. The summed E-state index contributed by atoms with van der Waals surface area (Å²) < 4.78 is 24.3. The SMILES string of the molecule is C.C.C.C.CC(O)COC(=O)NCCC[Si](C)(O[Si](C)(C)C)O[Si](C)(C)O[Si](C)(C)C. The lowest BCUT2D eigenvalue weighted by Crippen LogP contribution is -2.56. The average Bonchev–Trinajstić information content (AvgIpc) is 2.35. The van der Waals surface area contributed by atoms with Crippen LogP contribution in [0.2, 0.25) is 65.0 Å². The zero-order valence-corrected chi connectivity index (χ0v) is 22.9. The van der Waals surface area contributed by atoms with Gasteiger partial charge in [0.25, 0.3) is 0 Å². The van der Waals surface area contributed by atoms with Gasteiger partial charge in [0.05, 0.1) is 6.10 Å². The summed E-state index contributed by atoms with van der Waals surface area (Å²) in [4.78, 5) is 11.6. The van der Waals surface area contributed by atoms with E-state index >= 15 is 0 Å². The number of aliphatic hydroxyl groups is 1. The van der Waals surface area contributed by atoms with Gasteiger partial charge in [-0.05, 0) is 78.3 Å². The van der Waals surface area contributed by atoms with Gasteiger partial charge in [0.1, 0.15) is 6.61 Å². The Morgan fingerprint density at radius 3 is 1.68 bits per heavy atom. The molecule has 0 saturated heterocycles. The minimum Gasteiger partial charge on any atom is -0.447 e. The van der Waals surface area contributed by atoms with E-state index in [1.165, 1.54) is 0 Å². The van der Waals surface area contributed by atoms with Gasteiger partial charge in [-0.2, -0.15) is 0 Å². The maximum atomic E-state index is 11.6. The summed E-state index contributed by atoms with van der Waals surface area (Å²) in [5, 5.41) is 11.9. The molecule has 194 valence electrons. The molecule has 0 rings (SSSR count). The van der Waals surface area contributed by atoms with Crippen molar-refractivity contribution in [1.82, 2.24) is 5.32 Å². The molecule has 1 amide bonds. The van der Waals surface area contributed by atoms with Crippen LogP contribution in [0, 0.1) is 0 Å². The van der Waals surface area contributed by atoms with E-state index in [9.17, 15) is 4.79 Å². The Kier molecular flexibility index (Phi) is 22.0. The Morgan fingerprint density at radius 1 is 0.839 bits per heavy atom. The van der Waals surface area contributed by atoms with Crippen LogP contribution >= 0.6 is 0 Å². The van der Waals surface area contributed by atoms with Crippen LogP contribution in [0.1, 0.15) is 43.1 Å². The molecule has 0 aliphatic carbocycles. The van der Waals surface area contributed by atoms with E-state index in [1.807, 2.05) is 0 Å². The second-order valence-electron chi connectivity index (χ2n) is 9.54. The van der Waals surface area contributed by atoms with Crippen molar-refractivity contribution in [1.29, 1.82) is 0 Å². The number of hydrogen-bond donors (Lipinski definition) is 2. The average molecular weight is 520 g/mol. The van der Waals surface area contributed by atoms with Crippen molar-refractivity contribution in [2.45, 2.75) is 114 Å². The third kappa shape index (κ3) is 24.5. The van der Waals surface area contributed by atoms with Gasteiger partial charge < -0.3 is 27.5 Å². The van der Waals surface area contributed by atoms with E-state index in [2.05, 4.69) is 64.2 Å². The summed E-state index contributed by atoms with van der Waals surface area (Å²) in [5.41, 5.74) is 0. The van der Waals surface area contributed by atoms with E-state index in [0.717, 1.165) is 12.5 Å². The van der Waals surface area contributed by atoms with Crippen molar-refractivity contribution in [3.8, 4) is 0 Å². The molecule has 0 bridgehead atoms. The molecule has 0 aliphatic rings. The van der Waals surface area contributed by atoms with Crippen molar-refractivity contribution < 1.29 is 27.0 Å². The van der Waals surface area contributed by atoms with Crippen LogP contribution in [-0.4, -0.2) is 64.2 Å². The van der Waals surface area contributed by atoms with Crippen molar-refractivity contribution in [3.63, 3.8) is 0 Å². The van der Waals surface area contributed by atoms with Crippen LogP contribution in [0.4, 0.5) is 4.79 Å². The molecular formula is C20H57NO6Si4. The monoisotopic (exact) mass is 519 g/mol. The second kappa shape index (κ2) is 16.6. The third-order valence-corrected chi connectivity index (χ3v) is 16.6. The lowest BCUT2D eigenvalue weighted by molar-refractivity contribution is 0.0781. The number of hydrogen-bond acceptors (Lipinski definition) is 6. The predicted octanol–water partition coefficient (Wildman–Crippen LogP) is 6.52. The molecule has 0 aromatic carbocycles. The van der Waals surface area contributed by atoms with Crippen LogP contribution < -0.4 is 5.32 Å². The Morgan fingerprint density at radius 2 is 1.29 bits per heavy atom. The molecule has 11 heteroatoms. The molecule has 7 nitrogen and oxygen atoms in total. The molecule has 0 aromatic heterocycles. The largest absolute Gasteiger partial charge is 0.447 e. The zero-order valence-electron chi connectivity index (χ0n) is 18.9. The summed E-state index contributed by atoms with van der Waals surface area (Å²) in [6.45, 7) is 21.4. The Balaban J connectivity index is -0.000000563. The normalized spacial score (nSPS) is 14.4. The molecule has 0 aromatic rings. The van der Waals surface area contributed by atoms with Crippen molar-refractivity contribution in [2.24, 2.45) is 0 Å². The molecular weight excluding hydrogens is 463 g/mol. The summed E-state index contributed by atoms with van der Waals surface area (Å²) in [6, 6.07) is 0.777. The first kappa shape index (κ1) is 41.3.